The van der Waals surface area contributed by atoms with Gasteiger partial charge >= 0.3 is 0 Å². The van der Waals surface area contributed by atoms with E-state index in [0.717, 1.165) is 12.8 Å². The van der Waals surface area contributed by atoms with Crippen LogP contribution < -0.4 is 11.1 Å². The first-order valence-corrected chi connectivity index (χ1v) is 7.37. The van der Waals surface area contributed by atoms with Gasteiger partial charge in [-0.3, -0.25) is 0 Å². The molecule has 0 heterocycles. The second-order valence-electron chi connectivity index (χ2n) is 5.67. The van der Waals surface area contributed by atoms with E-state index >= 15 is 0 Å². The van der Waals surface area contributed by atoms with E-state index in [2.05, 4.69) is 19.2 Å². The Bertz CT molecular complexity index is 519. The fourth-order valence-corrected chi connectivity index (χ4v) is 2.99. The van der Waals surface area contributed by atoms with Gasteiger partial charge in [0.2, 0.25) is 0 Å². The number of anilines is 1. The molecule has 0 saturated heterocycles. The maximum atomic E-state index is 14.0. The third-order valence-electron chi connectivity index (χ3n) is 4.40. The van der Waals surface area contributed by atoms with Crippen LogP contribution in [0.25, 0.3) is 0 Å². The molecule has 1 aliphatic rings. The molecule has 3 atom stereocenters. The molecule has 1 aliphatic carbocycles. The quantitative estimate of drug-likeness (QED) is 0.833. The molecule has 2 rings (SSSR count). The average Bonchev–Trinajstić information content (AvgIpc) is 2.40. The van der Waals surface area contributed by atoms with Crippen molar-refractivity contribution >= 4 is 22.9 Å². The van der Waals surface area contributed by atoms with E-state index in [0.29, 0.717) is 11.8 Å². The number of rotatable bonds is 3. The van der Waals surface area contributed by atoms with Crippen LogP contribution in [0.15, 0.2) is 12.1 Å². The number of halogens is 2. The topological polar surface area (TPSA) is 38.0 Å². The zero-order chi connectivity index (χ0) is 14.9. The molecular formula is C15H20F2N2S. The summed E-state index contributed by atoms with van der Waals surface area (Å²) < 4.78 is 27.9. The first-order chi connectivity index (χ1) is 9.41. The van der Waals surface area contributed by atoms with Crippen LogP contribution in [0, 0.1) is 23.5 Å². The fourth-order valence-electron chi connectivity index (χ4n) is 2.84. The predicted molar refractivity (Wildman–Crippen MR) is 81.8 cm³/mol. The Morgan fingerprint density at radius 2 is 1.95 bits per heavy atom. The highest BCUT2D eigenvalue weighted by molar-refractivity contribution is 7.80. The van der Waals surface area contributed by atoms with Gasteiger partial charge in [-0.2, -0.15) is 0 Å². The molecule has 5 heteroatoms. The lowest BCUT2D eigenvalue weighted by molar-refractivity contribution is 0.252. The number of benzene rings is 1. The Morgan fingerprint density at radius 3 is 2.60 bits per heavy atom. The molecule has 0 spiro atoms. The zero-order valence-electron chi connectivity index (χ0n) is 11.7. The van der Waals surface area contributed by atoms with E-state index < -0.39 is 11.6 Å². The second kappa shape index (κ2) is 6.04. The smallest absolute Gasteiger partial charge is 0.182 e. The van der Waals surface area contributed by atoms with Crippen LogP contribution >= 0.6 is 12.2 Å². The Kier molecular flexibility index (Phi) is 4.58. The Hall–Kier alpha value is -1.23. The van der Waals surface area contributed by atoms with E-state index in [1.54, 1.807) is 0 Å². The molecule has 1 aromatic rings. The summed E-state index contributed by atoms with van der Waals surface area (Å²) in [5.74, 6) is -0.855. The lowest BCUT2D eigenvalue weighted by atomic mass is 9.78. The fraction of sp³-hybridized carbons (Fsp3) is 0.533. The third kappa shape index (κ3) is 2.92. The van der Waals surface area contributed by atoms with Crippen LogP contribution in [0.4, 0.5) is 14.5 Å². The summed E-state index contributed by atoms with van der Waals surface area (Å²) in [5.41, 5.74) is 5.50. The van der Waals surface area contributed by atoms with Gasteiger partial charge in [0, 0.05) is 11.6 Å². The van der Waals surface area contributed by atoms with Crippen molar-refractivity contribution in [3.05, 3.63) is 29.3 Å². The molecule has 110 valence electrons. The minimum absolute atomic E-state index is 0.0480. The van der Waals surface area contributed by atoms with Crippen LogP contribution in [0.5, 0.6) is 0 Å². The Labute approximate surface area is 123 Å². The highest BCUT2D eigenvalue weighted by Crippen LogP contribution is 2.32. The van der Waals surface area contributed by atoms with E-state index in [4.69, 9.17) is 18.0 Å². The van der Waals surface area contributed by atoms with Crippen molar-refractivity contribution in [1.82, 2.24) is 0 Å². The molecule has 1 fully saturated rings. The highest BCUT2D eigenvalue weighted by atomic mass is 32.1. The maximum absolute atomic E-state index is 14.0. The van der Waals surface area contributed by atoms with Gasteiger partial charge in [0.25, 0.3) is 0 Å². The van der Waals surface area contributed by atoms with E-state index in [-0.39, 0.29) is 22.3 Å². The lowest BCUT2D eigenvalue weighted by Crippen LogP contribution is -2.35. The molecule has 2 nitrogen and oxygen atoms in total. The molecule has 0 bridgehead atoms. The summed E-state index contributed by atoms with van der Waals surface area (Å²) in [4.78, 5) is -0.132. The van der Waals surface area contributed by atoms with Gasteiger partial charge in [0.15, 0.2) is 11.6 Å². The van der Waals surface area contributed by atoms with Gasteiger partial charge < -0.3 is 11.1 Å². The largest absolute Gasteiger partial charge is 0.389 e. The molecule has 3 unspecified atom stereocenters. The molecule has 3 N–H and O–H groups in total. The van der Waals surface area contributed by atoms with Crippen LogP contribution in [0.2, 0.25) is 0 Å². The van der Waals surface area contributed by atoms with Crippen molar-refractivity contribution in [2.75, 3.05) is 5.32 Å². The minimum atomic E-state index is -0.973. The van der Waals surface area contributed by atoms with Gasteiger partial charge in [-0.1, -0.05) is 38.9 Å². The van der Waals surface area contributed by atoms with Crippen molar-refractivity contribution < 1.29 is 8.78 Å². The first-order valence-electron chi connectivity index (χ1n) is 6.96. The first kappa shape index (κ1) is 15.2. The monoisotopic (exact) mass is 298 g/mol. The van der Waals surface area contributed by atoms with Crippen molar-refractivity contribution in [1.29, 1.82) is 0 Å². The summed E-state index contributed by atoms with van der Waals surface area (Å²) >= 11 is 4.70. The molecular weight excluding hydrogens is 278 g/mol. The van der Waals surface area contributed by atoms with Crippen molar-refractivity contribution in [2.24, 2.45) is 17.6 Å². The summed E-state index contributed by atoms with van der Waals surface area (Å²) in [6.45, 7) is 4.35. The number of hydrogen-bond acceptors (Lipinski definition) is 2. The van der Waals surface area contributed by atoms with Gasteiger partial charge in [-0.15, -0.1) is 0 Å². The number of hydrogen-bond donors (Lipinski definition) is 2. The molecule has 20 heavy (non-hydrogen) atoms. The Balaban J connectivity index is 2.22. The van der Waals surface area contributed by atoms with Crippen LogP contribution in [-0.2, 0) is 0 Å². The highest BCUT2D eigenvalue weighted by Gasteiger charge is 2.28. The lowest BCUT2D eigenvalue weighted by Gasteiger charge is -2.35. The molecule has 0 aromatic heterocycles. The molecule has 0 aliphatic heterocycles. The van der Waals surface area contributed by atoms with Gasteiger partial charge in [0.1, 0.15) is 4.99 Å². The minimum Gasteiger partial charge on any atom is -0.389 e. The molecule has 1 saturated carbocycles. The SMILES string of the molecule is CC1CCCC(Nc2ccc(C(N)=S)c(F)c2F)C1C. The van der Waals surface area contributed by atoms with Crippen LogP contribution in [0.1, 0.15) is 38.7 Å². The summed E-state index contributed by atoms with van der Waals surface area (Å²) in [7, 11) is 0. The number of nitrogens with one attached hydrogen (secondary N) is 1. The Morgan fingerprint density at radius 1 is 1.25 bits per heavy atom. The van der Waals surface area contributed by atoms with Crippen LogP contribution in [-0.4, -0.2) is 11.0 Å². The van der Waals surface area contributed by atoms with E-state index in [9.17, 15) is 8.78 Å². The van der Waals surface area contributed by atoms with E-state index in [1.165, 1.54) is 18.6 Å². The summed E-state index contributed by atoms with van der Waals surface area (Å²) in [6.07, 6.45) is 3.28. The van der Waals surface area contributed by atoms with Gasteiger partial charge in [-0.05, 0) is 30.4 Å². The van der Waals surface area contributed by atoms with Crippen molar-refractivity contribution in [3.63, 3.8) is 0 Å². The summed E-state index contributed by atoms with van der Waals surface area (Å²) in [5, 5.41) is 3.14. The summed E-state index contributed by atoms with van der Waals surface area (Å²) in [6, 6.07) is 3.11. The predicted octanol–water partition coefficient (Wildman–Crippen LogP) is 3.84. The van der Waals surface area contributed by atoms with Crippen molar-refractivity contribution in [3.8, 4) is 0 Å². The third-order valence-corrected chi connectivity index (χ3v) is 4.62. The second-order valence-corrected chi connectivity index (χ2v) is 6.11. The molecule has 0 radical (unpaired) electrons. The molecule has 1 aromatic carbocycles. The van der Waals surface area contributed by atoms with Crippen LogP contribution in [0.3, 0.4) is 0 Å². The van der Waals surface area contributed by atoms with Gasteiger partial charge in [0.05, 0.1) is 5.69 Å². The van der Waals surface area contributed by atoms with Crippen molar-refractivity contribution in [2.45, 2.75) is 39.2 Å². The van der Waals surface area contributed by atoms with E-state index in [1.807, 2.05) is 0 Å². The average molecular weight is 298 g/mol. The standard InChI is InChI=1S/C15H20F2N2S/c1-8-4-3-5-11(9(8)2)19-12-7-6-10(15(18)20)13(16)14(12)17/h6-9,11,19H,3-5H2,1-2H3,(H2,18,20). The van der Waals surface area contributed by atoms with Gasteiger partial charge in [-0.25, -0.2) is 8.78 Å². The maximum Gasteiger partial charge on any atom is 0.182 e. The number of thiocarbonyl (C=S) groups is 1. The molecule has 0 amide bonds. The zero-order valence-corrected chi connectivity index (χ0v) is 12.6. The normalized spacial score (nSPS) is 26.3. The number of nitrogens with two attached hydrogens (primary N) is 1.